The van der Waals surface area contributed by atoms with Gasteiger partial charge in [0.15, 0.2) is 5.78 Å². The maximum Gasteiger partial charge on any atom is 0.399 e. The average Bonchev–Trinajstić information content (AvgIpc) is 2.71. The molecule has 32 heavy (non-hydrogen) atoms. The topological polar surface area (TPSA) is 49.4 Å². The molecule has 2 aromatic carbocycles. The van der Waals surface area contributed by atoms with Crippen molar-refractivity contribution in [2.45, 2.75) is 19.0 Å². The summed E-state index contributed by atoms with van der Waals surface area (Å²) in [7, 11) is 1.49. The van der Waals surface area contributed by atoms with Gasteiger partial charge in [0.05, 0.1) is 27.5 Å². The molecule has 0 radical (unpaired) electrons. The highest BCUT2D eigenvalue weighted by Gasteiger charge is 2.39. The number of hydrogen-bond donors (Lipinski definition) is 1. The molecule has 2 aromatic rings. The van der Waals surface area contributed by atoms with Gasteiger partial charge in [0.25, 0.3) is 0 Å². The van der Waals surface area contributed by atoms with Crippen LogP contribution in [0.5, 0.6) is 0 Å². The Morgan fingerprint density at radius 1 is 1.09 bits per heavy atom. The van der Waals surface area contributed by atoms with Crippen LogP contribution in [-0.2, 0) is 0 Å². The fourth-order valence-electron chi connectivity index (χ4n) is 2.82. The summed E-state index contributed by atoms with van der Waals surface area (Å²) in [6, 6.07) is 7.91. The normalized spacial score (nSPS) is 12.6. The predicted octanol–water partition coefficient (Wildman–Crippen LogP) is 6.85. The zero-order valence-corrected chi connectivity index (χ0v) is 19.4. The number of Topliss-reactive ketones (excluding diaryl/α,β-unsaturated/α-hetero) is 1. The van der Waals surface area contributed by atoms with Crippen molar-refractivity contribution < 1.29 is 22.8 Å². The molecule has 0 aliphatic carbocycles. The van der Waals surface area contributed by atoms with E-state index in [1.165, 1.54) is 42.3 Å². The Kier molecular flexibility index (Phi) is 9.01. The van der Waals surface area contributed by atoms with Crippen molar-refractivity contribution >= 4 is 52.7 Å². The lowest BCUT2D eigenvalue weighted by atomic mass is 9.97. The molecule has 0 fully saturated rings. The van der Waals surface area contributed by atoms with E-state index >= 15 is 0 Å². The van der Waals surface area contributed by atoms with Crippen molar-refractivity contribution in [1.29, 1.82) is 0 Å². The largest absolute Gasteiger partial charge is 0.399 e. The Hall–Kier alpha value is -2.22. The second-order valence-corrected chi connectivity index (χ2v) is 8.11. The lowest BCUT2D eigenvalue weighted by Gasteiger charge is -2.18. The molecule has 0 saturated carbocycles. The Bertz CT molecular complexity index is 985. The van der Waals surface area contributed by atoms with Crippen molar-refractivity contribution in [2.75, 3.05) is 20.1 Å². The SMILES string of the molecule is CCNC(=O)N(C)CC(=O)c1ccc(/C=C/C(c2cc(Cl)c(Cl)c(Cl)c2)C(F)(F)F)cc1. The van der Waals surface area contributed by atoms with Gasteiger partial charge in [0.2, 0.25) is 0 Å². The number of urea groups is 1. The molecule has 0 spiro atoms. The lowest BCUT2D eigenvalue weighted by molar-refractivity contribution is -0.139. The van der Waals surface area contributed by atoms with Crippen LogP contribution < -0.4 is 5.32 Å². The van der Waals surface area contributed by atoms with E-state index in [9.17, 15) is 22.8 Å². The first-order valence-electron chi connectivity index (χ1n) is 9.45. The van der Waals surface area contributed by atoms with E-state index in [4.69, 9.17) is 34.8 Å². The van der Waals surface area contributed by atoms with Gasteiger partial charge in [-0.3, -0.25) is 4.79 Å². The zero-order valence-electron chi connectivity index (χ0n) is 17.1. The predicted molar refractivity (Wildman–Crippen MR) is 122 cm³/mol. The minimum atomic E-state index is -4.59. The zero-order chi connectivity index (χ0) is 24.1. The fourth-order valence-corrected chi connectivity index (χ4v) is 3.43. The number of ketones is 1. The number of rotatable bonds is 7. The van der Waals surface area contributed by atoms with E-state index in [1.54, 1.807) is 6.92 Å². The van der Waals surface area contributed by atoms with Crippen LogP contribution in [0.15, 0.2) is 42.5 Å². The number of nitrogens with one attached hydrogen (secondary N) is 1. The first kappa shape index (κ1) is 26.0. The molecule has 0 saturated heterocycles. The smallest absolute Gasteiger partial charge is 0.338 e. The fraction of sp³-hybridized carbons (Fsp3) is 0.273. The Labute approximate surface area is 198 Å². The van der Waals surface area contributed by atoms with Crippen LogP contribution in [0, 0.1) is 0 Å². The summed E-state index contributed by atoms with van der Waals surface area (Å²) >= 11 is 17.6. The van der Waals surface area contributed by atoms with Crippen molar-refractivity contribution in [3.63, 3.8) is 0 Å². The van der Waals surface area contributed by atoms with E-state index in [2.05, 4.69) is 5.32 Å². The van der Waals surface area contributed by atoms with Crippen molar-refractivity contribution in [3.05, 3.63) is 74.2 Å². The molecule has 1 atom stereocenters. The molecule has 10 heteroatoms. The molecule has 0 heterocycles. The van der Waals surface area contributed by atoms with Crippen LogP contribution in [0.3, 0.4) is 0 Å². The number of hydrogen-bond acceptors (Lipinski definition) is 2. The van der Waals surface area contributed by atoms with Gasteiger partial charge >= 0.3 is 12.2 Å². The first-order chi connectivity index (χ1) is 14.9. The minimum Gasteiger partial charge on any atom is -0.338 e. The number of carbonyl (C=O) groups excluding carboxylic acids is 2. The molecule has 172 valence electrons. The molecule has 0 aromatic heterocycles. The number of amides is 2. The number of carbonyl (C=O) groups is 2. The third-order valence-corrected chi connectivity index (χ3v) is 5.68. The van der Waals surface area contributed by atoms with E-state index in [0.29, 0.717) is 17.7 Å². The van der Waals surface area contributed by atoms with E-state index in [1.807, 2.05) is 0 Å². The monoisotopic (exact) mass is 506 g/mol. The summed E-state index contributed by atoms with van der Waals surface area (Å²) in [4.78, 5) is 25.3. The summed E-state index contributed by atoms with van der Waals surface area (Å²) < 4.78 is 40.9. The number of alkyl halides is 3. The molecular formula is C22H20Cl3F3N2O2. The average molecular weight is 508 g/mol. The third-order valence-electron chi connectivity index (χ3n) is 4.49. The number of benzene rings is 2. The number of allylic oxidation sites excluding steroid dienone is 1. The summed E-state index contributed by atoms with van der Waals surface area (Å²) in [5.41, 5.74) is 0.648. The van der Waals surface area contributed by atoms with Gasteiger partial charge in [-0.05, 0) is 30.2 Å². The molecular weight excluding hydrogens is 488 g/mol. The Morgan fingerprint density at radius 3 is 2.16 bits per heavy atom. The van der Waals surface area contributed by atoms with Gasteiger partial charge in [0.1, 0.15) is 0 Å². The highest BCUT2D eigenvalue weighted by Crippen LogP contribution is 2.41. The van der Waals surface area contributed by atoms with Gasteiger partial charge in [-0.2, -0.15) is 13.2 Å². The number of halogens is 6. The third kappa shape index (κ3) is 6.89. The van der Waals surface area contributed by atoms with Crippen LogP contribution in [0.4, 0.5) is 18.0 Å². The molecule has 1 unspecified atom stereocenters. The highest BCUT2D eigenvalue weighted by molar-refractivity contribution is 6.48. The van der Waals surface area contributed by atoms with Gasteiger partial charge in [-0.25, -0.2) is 4.79 Å². The standard InChI is InChI=1S/C22H20Cl3F3N2O2/c1-3-29-21(32)30(2)12-19(31)14-7-4-13(5-8-14)6-9-16(22(26,27)28)15-10-17(23)20(25)18(24)11-15/h4-11,16H,3,12H2,1-2H3,(H,29,32)/b9-6+. The maximum absolute atomic E-state index is 13.6. The molecule has 0 aliphatic heterocycles. The highest BCUT2D eigenvalue weighted by atomic mass is 35.5. The van der Waals surface area contributed by atoms with Gasteiger partial charge in [-0.15, -0.1) is 0 Å². The lowest BCUT2D eigenvalue weighted by Crippen LogP contribution is -2.39. The summed E-state index contributed by atoms with van der Waals surface area (Å²) in [6.07, 6.45) is -2.31. The molecule has 0 aliphatic rings. The molecule has 4 nitrogen and oxygen atoms in total. The Morgan fingerprint density at radius 2 is 1.66 bits per heavy atom. The summed E-state index contributed by atoms with van der Waals surface area (Å²) in [5.74, 6) is -2.25. The molecule has 2 amide bonds. The summed E-state index contributed by atoms with van der Waals surface area (Å²) in [6.45, 7) is 2.07. The Balaban J connectivity index is 2.19. The molecule has 2 rings (SSSR count). The second kappa shape index (κ2) is 11.1. The van der Waals surface area contributed by atoms with E-state index in [0.717, 1.165) is 18.2 Å². The van der Waals surface area contributed by atoms with Gasteiger partial charge in [-0.1, -0.05) is 71.2 Å². The van der Waals surface area contributed by atoms with Gasteiger partial charge < -0.3 is 10.2 Å². The number of nitrogens with zero attached hydrogens (tertiary/aromatic N) is 1. The van der Waals surface area contributed by atoms with Crippen LogP contribution in [0.1, 0.15) is 34.3 Å². The molecule has 0 bridgehead atoms. The second-order valence-electron chi connectivity index (χ2n) is 6.91. The van der Waals surface area contributed by atoms with Gasteiger partial charge in [0, 0.05) is 19.2 Å². The van der Waals surface area contributed by atoms with Crippen LogP contribution in [-0.4, -0.2) is 43.0 Å². The summed E-state index contributed by atoms with van der Waals surface area (Å²) in [5, 5.41) is 2.43. The van der Waals surface area contributed by atoms with Crippen LogP contribution >= 0.6 is 34.8 Å². The number of likely N-dealkylation sites (N-methyl/N-ethyl adjacent to an activating group) is 1. The van der Waals surface area contributed by atoms with Crippen molar-refractivity contribution in [3.8, 4) is 0 Å². The molecule has 1 N–H and O–H groups in total. The van der Waals surface area contributed by atoms with Crippen molar-refractivity contribution in [2.24, 2.45) is 0 Å². The van der Waals surface area contributed by atoms with Crippen LogP contribution in [0.2, 0.25) is 15.1 Å². The van der Waals surface area contributed by atoms with E-state index in [-0.39, 0.29) is 39.0 Å². The van der Waals surface area contributed by atoms with Crippen LogP contribution in [0.25, 0.3) is 6.08 Å². The minimum absolute atomic E-state index is 0.0138. The van der Waals surface area contributed by atoms with E-state index < -0.39 is 12.1 Å². The first-order valence-corrected chi connectivity index (χ1v) is 10.6. The maximum atomic E-state index is 13.6. The quantitative estimate of drug-likeness (QED) is 0.329. The van der Waals surface area contributed by atoms with Crippen molar-refractivity contribution in [1.82, 2.24) is 10.2 Å².